The second kappa shape index (κ2) is 6.03. The summed E-state index contributed by atoms with van der Waals surface area (Å²) in [5, 5.41) is 0. The molecule has 1 aliphatic rings. The molecular formula is C11H15NO5. The first-order chi connectivity index (χ1) is 8.06. The molecule has 0 aliphatic carbocycles. The third-order valence-electron chi connectivity index (χ3n) is 2.37. The summed E-state index contributed by atoms with van der Waals surface area (Å²) < 4.78 is 9.13. The quantitative estimate of drug-likeness (QED) is 0.539. The Hall–Kier alpha value is -1.85. The van der Waals surface area contributed by atoms with Crippen LogP contribution in [0, 0.1) is 0 Å². The molecule has 2 amide bonds. The maximum atomic E-state index is 11.7. The molecule has 0 radical (unpaired) electrons. The van der Waals surface area contributed by atoms with Crippen molar-refractivity contribution < 1.29 is 23.9 Å². The summed E-state index contributed by atoms with van der Waals surface area (Å²) in [6, 6.07) is 0. The molecule has 0 aromatic carbocycles. The van der Waals surface area contributed by atoms with Crippen molar-refractivity contribution in [2.45, 2.75) is 19.8 Å². The van der Waals surface area contributed by atoms with E-state index in [2.05, 4.69) is 9.47 Å². The third kappa shape index (κ3) is 3.58. The highest BCUT2D eigenvalue weighted by molar-refractivity contribution is 6.02. The lowest BCUT2D eigenvalue weighted by Crippen LogP contribution is -2.32. The van der Waals surface area contributed by atoms with E-state index in [0.29, 0.717) is 12.0 Å². The number of esters is 1. The van der Waals surface area contributed by atoms with E-state index in [9.17, 15) is 14.4 Å². The molecule has 0 aromatic heterocycles. The van der Waals surface area contributed by atoms with Gasteiger partial charge in [0.15, 0.2) is 0 Å². The highest BCUT2D eigenvalue weighted by atomic mass is 16.6. The molecule has 0 saturated carbocycles. The first kappa shape index (κ1) is 13.2. The Kier molecular flexibility index (Phi) is 4.68. The number of carbonyl (C=O) groups excluding carboxylic acids is 3. The molecule has 6 nitrogen and oxygen atoms in total. The van der Waals surface area contributed by atoms with Crippen LogP contribution in [0.25, 0.3) is 0 Å². The number of allylic oxidation sites excluding steroid dienone is 1. The smallest absolute Gasteiger partial charge is 0.416 e. The van der Waals surface area contributed by atoms with Crippen molar-refractivity contribution in [1.29, 1.82) is 0 Å². The van der Waals surface area contributed by atoms with Crippen LogP contribution in [-0.4, -0.2) is 43.1 Å². The number of ether oxygens (including phenoxy) is 2. The average molecular weight is 241 g/mol. The summed E-state index contributed by atoms with van der Waals surface area (Å²) in [5.74, 6) is -0.709. The third-order valence-corrected chi connectivity index (χ3v) is 2.37. The number of nitrogens with zero attached hydrogens (tertiary/aromatic N) is 1. The van der Waals surface area contributed by atoms with Gasteiger partial charge in [-0.15, -0.1) is 0 Å². The molecule has 1 rings (SSSR count). The molecular weight excluding hydrogens is 226 g/mol. The van der Waals surface area contributed by atoms with Crippen molar-refractivity contribution in [3.63, 3.8) is 0 Å². The van der Waals surface area contributed by atoms with E-state index in [1.54, 1.807) is 13.0 Å². The minimum absolute atomic E-state index is 0.214. The summed E-state index contributed by atoms with van der Waals surface area (Å²) in [6.07, 6.45) is 1.62. The maximum absolute atomic E-state index is 11.7. The Morgan fingerprint density at radius 1 is 1.53 bits per heavy atom. The van der Waals surface area contributed by atoms with Crippen molar-refractivity contribution in [3.8, 4) is 0 Å². The number of amides is 2. The highest BCUT2D eigenvalue weighted by Crippen LogP contribution is 2.10. The number of cyclic esters (lactones) is 1. The SMILES string of the molecule is COC(=O)CC/C=C(\C)C(=O)N1CCOC1=O. The molecule has 0 spiro atoms. The Labute approximate surface area is 99.2 Å². The van der Waals surface area contributed by atoms with Crippen LogP contribution in [0.5, 0.6) is 0 Å². The average Bonchev–Trinajstić information content (AvgIpc) is 2.74. The van der Waals surface area contributed by atoms with E-state index in [1.807, 2.05) is 0 Å². The van der Waals surface area contributed by atoms with Gasteiger partial charge in [0.2, 0.25) is 0 Å². The Morgan fingerprint density at radius 3 is 2.76 bits per heavy atom. The molecule has 0 N–H and O–H groups in total. The van der Waals surface area contributed by atoms with Crippen LogP contribution in [-0.2, 0) is 19.1 Å². The lowest BCUT2D eigenvalue weighted by atomic mass is 10.2. The number of imide groups is 1. The Morgan fingerprint density at radius 2 is 2.24 bits per heavy atom. The standard InChI is InChI=1S/C11H15NO5/c1-8(4-3-5-9(13)16-2)10(14)12-6-7-17-11(12)15/h4H,3,5-7H2,1-2H3/b8-4+. The van der Waals surface area contributed by atoms with Gasteiger partial charge in [0.25, 0.3) is 5.91 Å². The van der Waals surface area contributed by atoms with Crippen molar-refractivity contribution in [2.24, 2.45) is 0 Å². The summed E-state index contributed by atoms with van der Waals surface area (Å²) in [6.45, 7) is 2.12. The van der Waals surface area contributed by atoms with Gasteiger partial charge in [-0.2, -0.15) is 0 Å². The largest absolute Gasteiger partial charge is 0.469 e. The Balaban J connectivity index is 2.48. The molecule has 17 heavy (non-hydrogen) atoms. The zero-order valence-corrected chi connectivity index (χ0v) is 9.89. The predicted molar refractivity (Wildman–Crippen MR) is 58.1 cm³/mol. The van der Waals surface area contributed by atoms with Gasteiger partial charge < -0.3 is 9.47 Å². The van der Waals surface area contributed by atoms with Crippen LogP contribution in [0.1, 0.15) is 19.8 Å². The molecule has 1 heterocycles. The van der Waals surface area contributed by atoms with E-state index in [0.717, 1.165) is 4.90 Å². The van der Waals surface area contributed by atoms with E-state index in [4.69, 9.17) is 0 Å². The van der Waals surface area contributed by atoms with Crippen LogP contribution in [0.15, 0.2) is 11.6 Å². The van der Waals surface area contributed by atoms with E-state index >= 15 is 0 Å². The fourth-order valence-electron chi connectivity index (χ4n) is 1.39. The van der Waals surface area contributed by atoms with Crippen LogP contribution >= 0.6 is 0 Å². The zero-order chi connectivity index (χ0) is 12.8. The fourth-order valence-corrected chi connectivity index (χ4v) is 1.39. The molecule has 94 valence electrons. The lowest BCUT2D eigenvalue weighted by molar-refractivity contribution is -0.140. The molecule has 1 aliphatic heterocycles. The van der Waals surface area contributed by atoms with Crippen LogP contribution in [0.4, 0.5) is 4.79 Å². The number of rotatable bonds is 4. The monoisotopic (exact) mass is 241 g/mol. The first-order valence-corrected chi connectivity index (χ1v) is 5.28. The van der Waals surface area contributed by atoms with Gasteiger partial charge in [-0.05, 0) is 13.3 Å². The lowest BCUT2D eigenvalue weighted by Gasteiger charge is -2.10. The molecule has 0 aromatic rings. The molecule has 6 heteroatoms. The van der Waals surface area contributed by atoms with Gasteiger partial charge in [-0.3, -0.25) is 9.59 Å². The van der Waals surface area contributed by atoms with Crippen molar-refractivity contribution in [1.82, 2.24) is 4.90 Å². The van der Waals surface area contributed by atoms with E-state index in [1.165, 1.54) is 7.11 Å². The summed E-state index contributed by atoms with van der Waals surface area (Å²) in [4.78, 5) is 34.8. The minimum Gasteiger partial charge on any atom is -0.469 e. The molecule has 0 bridgehead atoms. The van der Waals surface area contributed by atoms with Crippen molar-refractivity contribution >= 4 is 18.0 Å². The first-order valence-electron chi connectivity index (χ1n) is 5.28. The topological polar surface area (TPSA) is 72.9 Å². The second-order valence-electron chi connectivity index (χ2n) is 3.57. The predicted octanol–water partition coefficient (Wildman–Crippen LogP) is 0.865. The molecule has 0 atom stereocenters. The van der Waals surface area contributed by atoms with Gasteiger partial charge in [0.05, 0.1) is 13.7 Å². The fraction of sp³-hybridized carbons (Fsp3) is 0.545. The van der Waals surface area contributed by atoms with Crippen molar-refractivity contribution in [2.75, 3.05) is 20.3 Å². The molecule has 1 saturated heterocycles. The van der Waals surface area contributed by atoms with Crippen LogP contribution in [0.2, 0.25) is 0 Å². The van der Waals surface area contributed by atoms with E-state index < -0.39 is 6.09 Å². The number of carbonyl (C=O) groups is 3. The summed E-state index contributed by atoms with van der Waals surface area (Å²) in [7, 11) is 1.31. The minimum atomic E-state index is -0.615. The van der Waals surface area contributed by atoms with E-state index in [-0.39, 0.29) is 31.4 Å². The van der Waals surface area contributed by atoms with Gasteiger partial charge in [0, 0.05) is 12.0 Å². The van der Waals surface area contributed by atoms with Gasteiger partial charge in [0.1, 0.15) is 6.61 Å². The normalized spacial score (nSPS) is 15.8. The maximum Gasteiger partial charge on any atom is 0.416 e. The Bertz CT molecular complexity index is 361. The van der Waals surface area contributed by atoms with Crippen molar-refractivity contribution in [3.05, 3.63) is 11.6 Å². The number of hydrogen-bond donors (Lipinski definition) is 0. The summed E-state index contributed by atoms with van der Waals surface area (Å²) in [5.41, 5.74) is 0.424. The zero-order valence-electron chi connectivity index (χ0n) is 9.89. The second-order valence-corrected chi connectivity index (χ2v) is 3.57. The van der Waals surface area contributed by atoms with Crippen LogP contribution < -0.4 is 0 Å². The van der Waals surface area contributed by atoms with Gasteiger partial charge in [-0.1, -0.05) is 6.08 Å². The highest BCUT2D eigenvalue weighted by Gasteiger charge is 2.28. The molecule has 0 unspecified atom stereocenters. The van der Waals surface area contributed by atoms with Gasteiger partial charge >= 0.3 is 12.1 Å². The summed E-state index contributed by atoms with van der Waals surface area (Å²) >= 11 is 0. The van der Waals surface area contributed by atoms with Crippen LogP contribution in [0.3, 0.4) is 0 Å². The number of hydrogen-bond acceptors (Lipinski definition) is 5. The van der Waals surface area contributed by atoms with Gasteiger partial charge in [-0.25, -0.2) is 9.69 Å². The number of methoxy groups -OCH3 is 1. The molecule has 1 fully saturated rings.